The highest BCUT2D eigenvalue weighted by Crippen LogP contribution is 2.27. The zero-order chi connectivity index (χ0) is 17.7. The van der Waals surface area contributed by atoms with Crippen molar-refractivity contribution in [2.24, 2.45) is 5.92 Å². The van der Waals surface area contributed by atoms with E-state index in [-0.39, 0.29) is 17.8 Å². The number of amides is 1. The van der Waals surface area contributed by atoms with Crippen LogP contribution in [0.3, 0.4) is 0 Å². The fourth-order valence-electron chi connectivity index (χ4n) is 3.22. The van der Waals surface area contributed by atoms with E-state index in [2.05, 4.69) is 30.1 Å². The summed E-state index contributed by atoms with van der Waals surface area (Å²) in [4.78, 5) is 26.1. The standard InChI is InChI=1S/C19H28N2O3/c1-13(2)16-7-5-6-14(3)18(16)20-17(22)12-21-10-8-15(9-11-21)19(23)24-4/h5-7,13,15H,8-12H2,1-4H3,(H,20,22). The number of rotatable bonds is 5. The van der Waals surface area contributed by atoms with Crippen LogP contribution >= 0.6 is 0 Å². The number of carbonyl (C=O) groups excluding carboxylic acids is 2. The molecule has 0 aromatic heterocycles. The number of likely N-dealkylation sites (tertiary alicyclic amines) is 1. The molecule has 0 spiro atoms. The number of nitrogens with zero attached hydrogens (tertiary/aromatic N) is 1. The number of anilines is 1. The number of nitrogens with one attached hydrogen (secondary N) is 1. The van der Waals surface area contributed by atoms with Gasteiger partial charge < -0.3 is 10.1 Å². The Morgan fingerprint density at radius 1 is 1.29 bits per heavy atom. The normalized spacial score (nSPS) is 16.2. The average Bonchev–Trinajstić information content (AvgIpc) is 2.56. The van der Waals surface area contributed by atoms with Crippen molar-refractivity contribution in [1.82, 2.24) is 4.90 Å². The lowest BCUT2D eigenvalue weighted by molar-refractivity contribution is -0.147. The van der Waals surface area contributed by atoms with Crippen molar-refractivity contribution in [2.45, 2.75) is 39.5 Å². The number of para-hydroxylation sites is 1. The summed E-state index contributed by atoms with van der Waals surface area (Å²) < 4.78 is 4.80. The number of methoxy groups -OCH3 is 1. The Labute approximate surface area is 144 Å². The average molecular weight is 332 g/mol. The summed E-state index contributed by atoms with van der Waals surface area (Å²) in [6, 6.07) is 6.11. The maximum absolute atomic E-state index is 12.4. The van der Waals surface area contributed by atoms with Gasteiger partial charge in [-0.05, 0) is 49.9 Å². The molecule has 0 atom stereocenters. The SMILES string of the molecule is COC(=O)C1CCN(CC(=O)Nc2c(C)cccc2C(C)C)CC1. The van der Waals surface area contributed by atoms with Crippen LogP contribution in [0.4, 0.5) is 5.69 Å². The number of hydrogen-bond acceptors (Lipinski definition) is 4. The third kappa shape index (κ3) is 4.57. The van der Waals surface area contributed by atoms with E-state index in [1.165, 1.54) is 7.11 Å². The van der Waals surface area contributed by atoms with Gasteiger partial charge in [0.1, 0.15) is 0 Å². The maximum Gasteiger partial charge on any atom is 0.308 e. The Morgan fingerprint density at radius 3 is 2.54 bits per heavy atom. The van der Waals surface area contributed by atoms with Crippen LogP contribution in [0.15, 0.2) is 18.2 Å². The highest BCUT2D eigenvalue weighted by molar-refractivity contribution is 5.94. The molecule has 0 radical (unpaired) electrons. The Kier molecular flexibility index (Phi) is 6.37. The number of ether oxygens (including phenoxy) is 1. The smallest absolute Gasteiger partial charge is 0.308 e. The van der Waals surface area contributed by atoms with Crippen molar-refractivity contribution in [2.75, 3.05) is 32.1 Å². The van der Waals surface area contributed by atoms with Crippen molar-refractivity contribution in [3.8, 4) is 0 Å². The predicted molar refractivity (Wildman–Crippen MR) is 95.1 cm³/mol. The Bertz CT molecular complexity index is 590. The second-order valence-electron chi connectivity index (χ2n) is 6.82. The number of hydrogen-bond donors (Lipinski definition) is 1. The van der Waals surface area contributed by atoms with Crippen LogP contribution < -0.4 is 5.32 Å². The minimum Gasteiger partial charge on any atom is -0.469 e. The maximum atomic E-state index is 12.4. The molecule has 1 amide bonds. The summed E-state index contributed by atoms with van der Waals surface area (Å²) in [6.07, 6.45) is 1.50. The summed E-state index contributed by atoms with van der Waals surface area (Å²) in [5.74, 6) is 0.192. The Hall–Kier alpha value is -1.88. The van der Waals surface area contributed by atoms with Crippen LogP contribution in [0.1, 0.15) is 43.7 Å². The number of benzene rings is 1. The molecule has 1 heterocycles. The van der Waals surface area contributed by atoms with Crippen LogP contribution in [0.5, 0.6) is 0 Å². The molecule has 2 rings (SSSR count). The topological polar surface area (TPSA) is 58.6 Å². The molecule has 1 saturated heterocycles. The first-order valence-electron chi connectivity index (χ1n) is 8.62. The lowest BCUT2D eigenvalue weighted by Crippen LogP contribution is -2.41. The monoisotopic (exact) mass is 332 g/mol. The highest BCUT2D eigenvalue weighted by Gasteiger charge is 2.26. The van der Waals surface area contributed by atoms with Crippen molar-refractivity contribution >= 4 is 17.6 Å². The molecule has 1 aliphatic rings. The first kappa shape index (κ1) is 18.5. The van der Waals surface area contributed by atoms with Gasteiger partial charge in [0, 0.05) is 5.69 Å². The quantitative estimate of drug-likeness (QED) is 0.842. The van der Waals surface area contributed by atoms with Gasteiger partial charge in [0.25, 0.3) is 0 Å². The van der Waals surface area contributed by atoms with Gasteiger partial charge in [-0.15, -0.1) is 0 Å². The molecule has 24 heavy (non-hydrogen) atoms. The number of aryl methyl sites for hydroxylation is 1. The van der Waals surface area contributed by atoms with Gasteiger partial charge >= 0.3 is 5.97 Å². The van der Waals surface area contributed by atoms with Crippen molar-refractivity contribution in [3.63, 3.8) is 0 Å². The van der Waals surface area contributed by atoms with Gasteiger partial charge in [0.15, 0.2) is 0 Å². The number of piperidine rings is 1. The molecular weight excluding hydrogens is 304 g/mol. The number of esters is 1. The third-order valence-corrected chi connectivity index (χ3v) is 4.68. The Balaban J connectivity index is 1.92. The molecule has 1 aromatic rings. The largest absolute Gasteiger partial charge is 0.469 e. The van der Waals surface area contributed by atoms with Gasteiger partial charge in [0.05, 0.1) is 19.6 Å². The molecule has 5 nitrogen and oxygen atoms in total. The highest BCUT2D eigenvalue weighted by atomic mass is 16.5. The third-order valence-electron chi connectivity index (χ3n) is 4.68. The molecular formula is C19H28N2O3. The molecule has 0 bridgehead atoms. The molecule has 1 aromatic carbocycles. The predicted octanol–water partition coefficient (Wildman–Crippen LogP) is 2.94. The van der Waals surface area contributed by atoms with E-state index >= 15 is 0 Å². The molecule has 132 valence electrons. The van der Waals surface area contributed by atoms with E-state index in [0.29, 0.717) is 12.5 Å². The van der Waals surface area contributed by atoms with E-state index in [0.717, 1.165) is 42.7 Å². The minimum atomic E-state index is -0.138. The fourth-order valence-corrected chi connectivity index (χ4v) is 3.22. The first-order valence-corrected chi connectivity index (χ1v) is 8.62. The van der Waals surface area contributed by atoms with Crippen molar-refractivity contribution in [3.05, 3.63) is 29.3 Å². The van der Waals surface area contributed by atoms with Crippen LogP contribution in [-0.2, 0) is 14.3 Å². The van der Waals surface area contributed by atoms with Crippen LogP contribution in [0, 0.1) is 12.8 Å². The van der Waals surface area contributed by atoms with E-state index in [4.69, 9.17) is 4.74 Å². The van der Waals surface area contributed by atoms with Crippen molar-refractivity contribution in [1.29, 1.82) is 0 Å². The van der Waals surface area contributed by atoms with Crippen molar-refractivity contribution < 1.29 is 14.3 Å². The Morgan fingerprint density at radius 2 is 1.96 bits per heavy atom. The number of carbonyl (C=O) groups is 2. The van der Waals surface area contributed by atoms with E-state index < -0.39 is 0 Å². The minimum absolute atomic E-state index is 0.00252. The zero-order valence-corrected chi connectivity index (χ0v) is 15.1. The summed E-state index contributed by atoms with van der Waals surface area (Å²) >= 11 is 0. The summed E-state index contributed by atoms with van der Waals surface area (Å²) in [5.41, 5.74) is 3.17. The van der Waals surface area contributed by atoms with Crippen LogP contribution in [0.25, 0.3) is 0 Å². The second kappa shape index (κ2) is 8.29. The molecule has 0 aliphatic carbocycles. The molecule has 5 heteroatoms. The van der Waals surface area contributed by atoms with Gasteiger partial charge in [-0.25, -0.2) is 0 Å². The van der Waals surface area contributed by atoms with Gasteiger partial charge in [-0.3, -0.25) is 14.5 Å². The first-order chi connectivity index (χ1) is 11.4. The zero-order valence-electron chi connectivity index (χ0n) is 15.1. The molecule has 1 N–H and O–H groups in total. The molecule has 0 saturated carbocycles. The molecule has 1 fully saturated rings. The summed E-state index contributed by atoms with van der Waals surface area (Å²) in [6.45, 7) is 8.13. The summed E-state index contributed by atoms with van der Waals surface area (Å²) in [5, 5.41) is 3.08. The molecule has 0 unspecified atom stereocenters. The van der Waals surface area contributed by atoms with Crippen LogP contribution in [0.2, 0.25) is 0 Å². The van der Waals surface area contributed by atoms with E-state index in [9.17, 15) is 9.59 Å². The molecule has 1 aliphatic heterocycles. The van der Waals surface area contributed by atoms with Gasteiger partial charge in [0.2, 0.25) is 5.91 Å². The van der Waals surface area contributed by atoms with Gasteiger partial charge in [-0.2, -0.15) is 0 Å². The van der Waals surface area contributed by atoms with E-state index in [1.807, 2.05) is 19.1 Å². The lowest BCUT2D eigenvalue weighted by atomic mass is 9.97. The second-order valence-corrected chi connectivity index (χ2v) is 6.82. The summed E-state index contributed by atoms with van der Waals surface area (Å²) in [7, 11) is 1.43. The fraction of sp³-hybridized carbons (Fsp3) is 0.579. The van der Waals surface area contributed by atoms with Gasteiger partial charge in [-0.1, -0.05) is 32.0 Å². The van der Waals surface area contributed by atoms with Crippen LogP contribution in [-0.4, -0.2) is 43.5 Å². The lowest BCUT2D eigenvalue weighted by Gasteiger charge is -2.30. The van der Waals surface area contributed by atoms with E-state index in [1.54, 1.807) is 0 Å².